The number of hydrogen-bond donors (Lipinski definition) is 1. The predicted molar refractivity (Wildman–Crippen MR) is 119 cm³/mol. The molecule has 3 fully saturated rings. The van der Waals surface area contributed by atoms with E-state index >= 15 is 0 Å². The first-order valence-electron chi connectivity index (χ1n) is 11.4. The van der Waals surface area contributed by atoms with Gasteiger partial charge in [0.15, 0.2) is 6.10 Å². The van der Waals surface area contributed by atoms with Crippen LogP contribution in [0.3, 0.4) is 0 Å². The number of carbonyl (C=O) groups is 1. The second-order valence-electron chi connectivity index (χ2n) is 9.34. The van der Waals surface area contributed by atoms with Gasteiger partial charge in [-0.3, -0.25) is 9.88 Å². The summed E-state index contributed by atoms with van der Waals surface area (Å²) in [5.74, 6) is 1.10. The van der Waals surface area contributed by atoms with E-state index in [-0.39, 0.29) is 18.7 Å². The van der Waals surface area contributed by atoms with Crippen LogP contribution in [0.25, 0.3) is 11.1 Å². The van der Waals surface area contributed by atoms with Crippen molar-refractivity contribution in [2.24, 2.45) is 11.8 Å². The normalized spacial score (nSPS) is 30.3. The van der Waals surface area contributed by atoms with Gasteiger partial charge in [0.2, 0.25) is 0 Å². The molecule has 3 aromatic rings. The van der Waals surface area contributed by atoms with Gasteiger partial charge in [0.05, 0.1) is 23.5 Å². The molecule has 5 heterocycles. The number of benzene rings is 1. The molecule has 4 aliphatic rings. The zero-order chi connectivity index (χ0) is 22.9. The Bertz CT molecular complexity index is 1310. The molecule has 2 aromatic heterocycles. The molecule has 1 aliphatic carbocycles. The number of anilines is 1. The van der Waals surface area contributed by atoms with Crippen molar-refractivity contribution in [2.75, 3.05) is 24.6 Å². The van der Waals surface area contributed by atoms with Gasteiger partial charge in [-0.2, -0.15) is 5.26 Å². The van der Waals surface area contributed by atoms with Crippen LogP contribution in [0.2, 0.25) is 0 Å². The lowest BCUT2D eigenvalue weighted by Crippen LogP contribution is -2.36. The number of carbonyl (C=O) groups excluding carboxylic acids is 1. The highest BCUT2D eigenvalue weighted by molar-refractivity contribution is 5.94. The molecule has 0 radical (unpaired) electrons. The van der Waals surface area contributed by atoms with E-state index in [1.807, 2.05) is 30.5 Å². The van der Waals surface area contributed by atoms with E-state index < -0.39 is 11.5 Å². The largest absolute Gasteiger partial charge is 0.471 e. The number of nitrogens with one attached hydrogen (secondary N) is 1. The highest BCUT2D eigenvalue weighted by atomic mass is 16.6. The zero-order valence-corrected chi connectivity index (χ0v) is 18.2. The van der Waals surface area contributed by atoms with Gasteiger partial charge in [0, 0.05) is 42.8 Å². The first kappa shape index (κ1) is 19.6. The molecule has 0 bridgehead atoms. The minimum Gasteiger partial charge on any atom is -0.471 e. The summed E-state index contributed by atoms with van der Waals surface area (Å²) in [4.78, 5) is 19.0. The summed E-state index contributed by atoms with van der Waals surface area (Å²) < 4.78 is 15.9. The summed E-state index contributed by atoms with van der Waals surface area (Å²) in [6, 6.07) is 14.2. The van der Waals surface area contributed by atoms with Crippen molar-refractivity contribution in [1.29, 1.82) is 5.26 Å². The third-order valence-corrected chi connectivity index (χ3v) is 7.77. The van der Waals surface area contributed by atoms with E-state index in [9.17, 15) is 10.1 Å². The first-order valence-corrected chi connectivity index (χ1v) is 11.4. The van der Waals surface area contributed by atoms with Gasteiger partial charge in [-0.1, -0.05) is 12.1 Å². The summed E-state index contributed by atoms with van der Waals surface area (Å²) in [6.45, 7) is 1.98. The fourth-order valence-electron chi connectivity index (χ4n) is 6.00. The Morgan fingerprint density at radius 1 is 1.21 bits per heavy atom. The fourth-order valence-corrected chi connectivity index (χ4v) is 6.00. The third-order valence-electron chi connectivity index (χ3n) is 7.77. The summed E-state index contributed by atoms with van der Waals surface area (Å²) in [5.41, 5.74) is 4.42. The topological polar surface area (TPSA) is 114 Å². The van der Waals surface area contributed by atoms with Crippen molar-refractivity contribution in [3.63, 3.8) is 0 Å². The Labute approximate surface area is 195 Å². The van der Waals surface area contributed by atoms with Crippen LogP contribution < -0.4 is 15.0 Å². The quantitative estimate of drug-likeness (QED) is 0.625. The van der Waals surface area contributed by atoms with Crippen LogP contribution in [-0.4, -0.2) is 48.1 Å². The van der Waals surface area contributed by atoms with E-state index in [0.29, 0.717) is 24.1 Å². The van der Waals surface area contributed by atoms with Crippen LogP contribution in [0, 0.1) is 23.2 Å². The molecule has 9 nitrogen and oxygen atoms in total. The maximum Gasteiger partial charge on any atom is 0.415 e. The van der Waals surface area contributed by atoms with Crippen molar-refractivity contribution >= 4 is 11.8 Å². The third kappa shape index (κ3) is 2.66. The Morgan fingerprint density at radius 2 is 2.06 bits per heavy atom. The monoisotopic (exact) mass is 455 g/mol. The molecule has 2 saturated heterocycles. The SMILES string of the molecule is N#CC1(c2ccc(-c3ccc4c(c3)C[C@H]3C(COc5ccon5)OC(=O)N43)cn2)C2CNCC21. The second kappa shape index (κ2) is 7.05. The van der Waals surface area contributed by atoms with Crippen molar-refractivity contribution in [3.8, 4) is 23.1 Å². The molecule has 1 aromatic carbocycles. The van der Waals surface area contributed by atoms with Crippen molar-refractivity contribution < 1.29 is 18.8 Å². The molecule has 3 aliphatic heterocycles. The van der Waals surface area contributed by atoms with Crippen LogP contribution in [-0.2, 0) is 16.6 Å². The minimum atomic E-state index is -0.435. The number of cyclic esters (lactones) is 1. The number of nitriles is 1. The molecule has 34 heavy (non-hydrogen) atoms. The summed E-state index contributed by atoms with van der Waals surface area (Å²) >= 11 is 0. The number of ether oxygens (including phenoxy) is 2. The van der Waals surface area contributed by atoms with Gasteiger partial charge in [-0.25, -0.2) is 4.79 Å². The highest BCUT2D eigenvalue weighted by Crippen LogP contribution is 2.60. The molecule has 4 atom stereocenters. The molecular formula is C25H21N5O4. The van der Waals surface area contributed by atoms with E-state index in [4.69, 9.17) is 19.0 Å². The molecule has 0 spiro atoms. The van der Waals surface area contributed by atoms with Gasteiger partial charge in [0.25, 0.3) is 5.88 Å². The maximum absolute atomic E-state index is 12.6. The van der Waals surface area contributed by atoms with E-state index in [1.165, 1.54) is 6.26 Å². The van der Waals surface area contributed by atoms with E-state index in [2.05, 4.69) is 22.6 Å². The van der Waals surface area contributed by atoms with Gasteiger partial charge >= 0.3 is 6.09 Å². The Balaban J connectivity index is 1.11. The molecule has 3 unspecified atom stereocenters. The smallest absolute Gasteiger partial charge is 0.415 e. The number of hydrogen-bond acceptors (Lipinski definition) is 8. The molecule has 7 rings (SSSR count). The number of nitrogens with zero attached hydrogens (tertiary/aromatic N) is 4. The number of fused-ring (bicyclic) bond motifs is 4. The first-order chi connectivity index (χ1) is 16.7. The Hall–Kier alpha value is -3.90. The maximum atomic E-state index is 12.6. The molecule has 1 amide bonds. The molecular weight excluding hydrogens is 434 g/mol. The fraction of sp³-hybridized carbons (Fsp3) is 0.360. The van der Waals surface area contributed by atoms with E-state index in [1.54, 1.807) is 11.0 Å². The number of piperidine rings is 1. The predicted octanol–water partition coefficient (Wildman–Crippen LogP) is 2.68. The van der Waals surface area contributed by atoms with Crippen LogP contribution >= 0.6 is 0 Å². The average molecular weight is 455 g/mol. The summed E-state index contributed by atoms with van der Waals surface area (Å²) in [6.07, 6.45) is 3.22. The summed E-state index contributed by atoms with van der Waals surface area (Å²) in [5, 5.41) is 16.9. The number of pyridine rings is 1. The second-order valence-corrected chi connectivity index (χ2v) is 9.34. The van der Waals surface area contributed by atoms with Crippen molar-refractivity contribution in [1.82, 2.24) is 15.5 Å². The molecule has 170 valence electrons. The number of rotatable bonds is 5. The minimum absolute atomic E-state index is 0.122. The van der Waals surface area contributed by atoms with Gasteiger partial charge in [-0.05, 0) is 40.9 Å². The average Bonchev–Trinajstić information content (AvgIpc) is 3.48. The number of aromatic nitrogens is 2. The number of amides is 1. The van der Waals surface area contributed by atoms with Crippen molar-refractivity contribution in [3.05, 3.63) is 60.1 Å². The van der Waals surface area contributed by atoms with Gasteiger partial charge in [-0.15, -0.1) is 0 Å². The lowest BCUT2D eigenvalue weighted by Gasteiger charge is -2.16. The van der Waals surface area contributed by atoms with E-state index in [0.717, 1.165) is 41.2 Å². The van der Waals surface area contributed by atoms with Crippen LogP contribution in [0.15, 0.2) is 53.4 Å². The Kier molecular flexibility index (Phi) is 4.05. The van der Waals surface area contributed by atoms with Crippen molar-refractivity contribution in [2.45, 2.75) is 24.0 Å². The summed E-state index contributed by atoms with van der Waals surface area (Å²) in [7, 11) is 0. The van der Waals surface area contributed by atoms with Gasteiger partial charge < -0.3 is 19.3 Å². The zero-order valence-electron chi connectivity index (χ0n) is 18.2. The molecule has 1 N–H and O–H groups in total. The molecule has 1 saturated carbocycles. The van der Waals surface area contributed by atoms with Crippen LogP contribution in [0.5, 0.6) is 5.88 Å². The highest BCUT2D eigenvalue weighted by Gasteiger charge is 2.69. The lowest BCUT2D eigenvalue weighted by molar-refractivity contribution is 0.0886. The standard InChI is InChI=1S/C25H21N5O4/c26-13-25(17-10-27-11-18(17)25)22-4-2-15(9-28-22)14-1-3-19-16(7-14)8-20-21(34-24(31)30(19)20)12-32-23-5-6-33-29-23/h1-7,9,17-18,20-21,27H,8,10-12H2/t17?,18?,20-,21?,25?/m0/s1. The Morgan fingerprint density at radius 3 is 2.79 bits per heavy atom. The lowest BCUT2D eigenvalue weighted by atomic mass is 9.95. The molecule has 9 heteroatoms. The van der Waals surface area contributed by atoms with Crippen LogP contribution in [0.1, 0.15) is 11.3 Å². The van der Waals surface area contributed by atoms with Crippen LogP contribution in [0.4, 0.5) is 10.5 Å². The van der Waals surface area contributed by atoms with Gasteiger partial charge in [0.1, 0.15) is 18.3 Å².